The van der Waals surface area contributed by atoms with Crippen molar-refractivity contribution in [2.24, 2.45) is 0 Å². The van der Waals surface area contributed by atoms with E-state index in [-0.39, 0.29) is 40.5 Å². The van der Waals surface area contributed by atoms with Gasteiger partial charge in [0.05, 0.1) is 32.0 Å². The number of hydrogen-bond donors (Lipinski definition) is 0. The fraction of sp³-hybridized carbons (Fsp3) is 0.295. The Labute approximate surface area is 328 Å². The molecule has 4 aromatic rings. The Bertz CT molecular complexity index is 2000. The van der Waals surface area contributed by atoms with Gasteiger partial charge >= 0.3 is 17.9 Å². The topological polar surface area (TPSA) is 107 Å². The standard InChI is InChI=1S/C44H44F4O9/c1-3-42(49)54-23-11-7-5-9-21-52-31-14-13-30(38(45)25-31)29-56-33-15-18-35(39(46)27-33)36-19-17-34(28-40(36)47)57-44(51)37-20-16-32(26-41(37)48)53-22-10-6-8-12-24-55-43(50)4-2/h3-4,13-20,25-28H,1-2,5-12,21-24,29H2. The third-order valence-corrected chi connectivity index (χ3v) is 8.40. The maximum absolute atomic E-state index is 15.2. The molecule has 0 saturated carbocycles. The van der Waals surface area contributed by atoms with Crippen LogP contribution < -0.4 is 18.9 Å². The molecule has 0 aliphatic carbocycles. The van der Waals surface area contributed by atoms with E-state index in [0.29, 0.717) is 45.0 Å². The molecule has 0 fully saturated rings. The Hall–Kier alpha value is -6.11. The second-order valence-corrected chi connectivity index (χ2v) is 12.6. The molecule has 9 nitrogen and oxygen atoms in total. The van der Waals surface area contributed by atoms with Crippen LogP contribution >= 0.6 is 0 Å². The quantitative estimate of drug-likeness (QED) is 0.0225. The average Bonchev–Trinajstić information content (AvgIpc) is 3.19. The molecule has 4 aromatic carbocycles. The van der Waals surface area contributed by atoms with Crippen molar-refractivity contribution in [3.05, 3.63) is 133 Å². The van der Waals surface area contributed by atoms with Crippen LogP contribution in [-0.2, 0) is 25.7 Å². The molecule has 0 N–H and O–H groups in total. The number of carbonyl (C=O) groups is 3. The Morgan fingerprint density at radius 1 is 0.491 bits per heavy atom. The van der Waals surface area contributed by atoms with Crippen molar-refractivity contribution in [3.63, 3.8) is 0 Å². The number of halogens is 4. The molecule has 302 valence electrons. The number of benzene rings is 4. The first-order valence-corrected chi connectivity index (χ1v) is 18.4. The minimum atomic E-state index is -1.07. The molecule has 0 bridgehead atoms. The summed E-state index contributed by atoms with van der Waals surface area (Å²) < 4.78 is 91.6. The van der Waals surface area contributed by atoms with Gasteiger partial charge < -0.3 is 28.4 Å². The van der Waals surface area contributed by atoms with Gasteiger partial charge in [-0.25, -0.2) is 31.9 Å². The van der Waals surface area contributed by atoms with Crippen molar-refractivity contribution in [1.82, 2.24) is 0 Å². The fourth-order valence-electron chi connectivity index (χ4n) is 5.35. The van der Waals surface area contributed by atoms with Gasteiger partial charge in [0.15, 0.2) is 0 Å². The van der Waals surface area contributed by atoms with E-state index in [1.54, 1.807) is 6.07 Å². The van der Waals surface area contributed by atoms with Gasteiger partial charge in [-0.3, -0.25) is 0 Å². The van der Waals surface area contributed by atoms with Crippen molar-refractivity contribution >= 4 is 17.9 Å². The largest absolute Gasteiger partial charge is 0.493 e. The molecule has 4 rings (SSSR count). The molecule has 0 spiro atoms. The normalized spacial score (nSPS) is 10.7. The first kappa shape index (κ1) is 43.6. The maximum atomic E-state index is 15.2. The summed E-state index contributed by atoms with van der Waals surface area (Å²) in [5.41, 5.74) is -0.404. The molecule has 0 heterocycles. The number of carbonyl (C=O) groups excluding carboxylic acids is 3. The van der Waals surface area contributed by atoms with Gasteiger partial charge in [0.1, 0.15) is 52.9 Å². The first-order chi connectivity index (χ1) is 27.6. The highest BCUT2D eigenvalue weighted by atomic mass is 19.1. The molecule has 0 aliphatic heterocycles. The number of rotatable bonds is 24. The van der Waals surface area contributed by atoms with Crippen LogP contribution in [0, 0.1) is 23.3 Å². The predicted molar refractivity (Wildman–Crippen MR) is 204 cm³/mol. The van der Waals surface area contributed by atoms with E-state index in [9.17, 15) is 23.2 Å². The molecule has 0 unspecified atom stereocenters. The lowest BCUT2D eigenvalue weighted by Crippen LogP contribution is -2.11. The molecule has 0 saturated heterocycles. The van der Waals surface area contributed by atoms with Gasteiger partial charge in [-0.15, -0.1) is 0 Å². The first-order valence-electron chi connectivity index (χ1n) is 18.4. The third-order valence-electron chi connectivity index (χ3n) is 8.40. The molecule has 0 aromatic heterocycles. The molecule has 0 radical (unpaired) electrons. The number of unbranched alkanes of at least 4 members (excludes halogenated alkanes) is 6. The second-order valence-electron chi connectivity index (χ2n) is 12.6. The molecule has 0 aliphatic rings. The Morgan fingerprint density at radius 2 is 0.930 bits per heavy atom. The monoisotopic (exact) mass is 792 g/mol. The van der Waals surface area contributed by atoms with Gasteiger partial charge in [-0.2, -0.15) is 0 Å². The highest BCUT2D eigenvalue weighted by molar-refractivity contribution is 5.91. The van der Waals surface area contributed by atoms with Gasteiger partial charge in [-0.05, 0) is 99.9 Å². The van der Waals surface area contributed by atoms with E-state index in [2.05, 4.69) is 13.2 Å². The molecular formula is C44H44F4O9. The number of esters is 3. The van der Waals surface area contributed by atoms with Crippen LogP contribution in [0.2, 0.25) is 0 Å². The lowest BCUT2D eigenvalue weighted by atomic mass is 10.0. The Balaban J connectivity index is 1.21. The third kappa shape index (κ3) is 14.5. The van der Waals surface area contributed by atoms with E-state index >= 15 is 8.78 Å². The molecular weight excluding hydrogens is 748 g/mol. The Kier molecular flexibility index (Phi) is 17.7. The smallest absolute Gasteiger partial charge is 0.346 e. The van der Waals surface area contributed by atoms with Crippen LogP contribution in [0.5, 0.6) is 23.0 Å². The minimum absolute atomic E-state index is 0.0836. The molecule has 13 heteroatoms. The van der Waals surface area contributed by atoms with Gasteiger partial charge in [0.25, 0.3) is 0 Å². The van der Waals surface area contributed by atoms with Crippen LogP contribution in [0.25, 0.3) is 11.1 Å². The van der Waals surface area contributed by atoms with Gasteiger partial charge in [-0.1, -0.05) is 13.2 Å². The van der Waals surface area contributed by atoms with Crippen molar-refractivity contribution in [2.45, 2.75) is 58.0 Å². The summed E-state index contributed by atoms with van der Waals surface area (Å²) in [6.45, 7) is 7.79. The summed E-state index contributed by atoms with van der Waals surface area (Å²) in [7, 11) is 0. The predicted octanol–water partition coefficient (Wildman–Crippen LogP) is 10.0. The maximum Gasteiger partial charge on any atom is 0.346 e. The van der Waals surface area contributed by atoms with E-state index in [0.717, 1.165) is 68.9 Å². The van der Waals surface area contributed by atoms with Crippen molar-refractivity contribution in [3.8, 4) is 34.1 Å². The van der Waals surface area contributed by atoms with E-state index < -0.39 is 46.7 Å². The summed E-state index contributed by atoms with van der Waals surface area (Å²) in [6.07, 6.45) is 8.38. The van der Waals surface area contributed by atoms with Crippen LogP contribution in [0.15, 0.2) is 98.1 Å². The zero-order valence-corrected chi connectivity index (χ0v) is 31.4. The van der Waals surface area contributed by atoms with Gasteiger partial charge in [0.2, 0.25) is 0 Å². The van der Waals surface area contributed by atoms with E-state index in [1.807, 2.05) is 0 Å². The lowest BCUT2D eigenvalue weighted by Gasteiger charge is -2.12. The van der Waals surface area contributed by atoms with Crippen molar-refractivity contribution < 1.29 is 60.4 Å². The number of hydrogen-bond acceptors (Lipinski definition) is 9. The SMILES string of the molecule is C=CC(=O)OCCCCCCOc1ccc(COc2ccc(-c3ccc(OC(=O)c4ccc(OCCCCCCOC(=O)C=C)cc4F)cc3F)c(F)c2)c(F)c1. The van der Waals surface area contributed by atoms with E-state index in [1.165, 1.54) is 48.5 Å². The summed E-state index contributed by atoms with van der Waals surface area (Å²) >= 11 is 0. The average molecular weight is 793 g/mol. The number of ether oxygens (including phenoxy) is 6. The van der Waals surface area contributed by atoms with Crippen LogP contribution in [-0.4, -0.2) is 44.3 Å². The summed E-state index contributed by atoms with van der Waals surface area (Å²) in [4.78, 5) is 34.7. The van der Waals surface area contributed by atoms with Crippen LogP contribution in [0.4, 0.5) is 17.6 Å². The molecule has 0 amide bonds. The lowest BCUT2D eigenvalue weighted by molar-refractivity contribution is -0.138. The minimum Gasteiger partial charge on any atom is -0.493 e. The summed E-state index contributed by atoms with van der Waals surface area (Å²) in [6, 6.07) is 15.1. The summed E-state index contributed by atoms with van der Waals surface area (Å²) in [5.74, 6) is -4.72. The highest BCUT2D eigenvalue weighted by Gasteiger charge is 2.18. The van der Waals surface area contributed by atoms with Crippen molar-refractivity contribution in [1.29, 1.82) is 0 Å². The summed E-state index contributed by atoms with van der Waals surface area (Å²) in [5, 5.41) is 0. The fourth-order valence-corrected chi connectivity index (χ4v) is 5.35. The van der Waals surface area contributed by atoms with Gasteiger partial charge in [0, 0.05) is 53.1 Å². The zero-order chi connectivity index (χ0) is 41.0. The highest BCUT2D eigenvalue weighted by Crippen LogP contribution is 2.31. The Morgan fingerprint density at radius 3 is 1.44 bits per heavy atom. The van der Waals surface area contributed by atoms with E-state index in [4.69, 9.17) is 28.4 Å². The second kappa shape index (κ2) is 23.1. The van der Waals surface area contributed by atoms with Crippen LogP contribution in [0.3, 0.4) is 0 Å². The molecule has 57 heavy (non-hydrogen) atoms. The zero-order valence-electron chi connectivity index (χ0n) is 31.4. The molecule has 0 atom stereocenters. The van der Waals surface area contributed by atoms with Crippen LogP contribution in [0.1, 0.15) is 67.3 Å². The van der Waals surface area contributed by atoms with Crippen molar-refractivity contribution in [2.75, 3.05) is 26.4 Å².